The first-order valence-electron chi connectivity index (χ1n) is 29.8. The second-order valence-corrected chi connectivity index (χ2v) is 21.5. The van der Waals surface area contributed by atoms with Gasteiger partial charge in [0.2, 0.25) is 5.91 Å². The topological polar surface area (TPSA) is 228 Å². The summed E-state index contributed by atoms with van der Waals surface area (Å²) in [5.74, 6) is -0.208. The SMILES string of the molecule is CCCCCCCCCCCCCCCCCCCCCCCCCCCCCCCCCCC(=O)NC(COC1OC(CO)C(OC2OC(CO)C(O)C(O)C2O)C(O)C1O)C(O)CCCCCCC. The second-order valence-electron chi connectivity index (χ2n) is 21.5. The normalized spacial score (nSPS) is 25.7. The van der Waals surface area contributed by atoms with Gasteiger partial charge in [-0.1, -0.05) is 245 Å². The Morgan fingerprint density at radius 3 is 1.20 bits per heavy atom. The number of amides is 1. The number of rotatable bonds is 48. The van der Waals surface area contributed by atoms with Crippen molar-refractivity contribution in [2.24, 2.45) is 0 Å². The molecular weight excluding hydrogens is 907 g/mol. The van der Waals surface area contributed by atoms with Crippen LogP contribution in [-0.4, -0.2) is 140 Å². The minimum Gasteiger partial charge on any atom is -0.394 e. The van der Waals surface area contributed by atoms with Crippen molar-refractivity contribution in [3.8, 4) is 0 Å². The molecule has 1 amide bonds. The van der Waals surface area contributed by atoms with Crippen LogP contribution in [0.25, 0.3) is 0 Å². The molecule has 0 radical (unpaired) electrons. The summed E-state index contributed by atoms with van der Waals surface area (Å²) in [4.78, 5) is 13.1. The average molecular weight is 1020 g/mol. The van der Waals surface area contributed by atoms with E-state index in [1.165, 1.54) is 180 Å². The molecule has 0 aromatic rings. The highest BCUT2D eigenvalue weighted by Crippen LogP contribution is 2.30. The van der Waals surface area contributed by atoms with E-state index in [2.05, 4.69) is 19.2 Å². The number of ether oxygens (including phenoxy) is 4. The van der Waals surface area contributed by atoms with E-state index in [1.54, 1.807) is 0 Å². The first-order valence-corrected chi connectivity index (χ1v) is 29.8. The highest BCUT2D eigenvalue weighted by Gasteiger charge is 2.51. The Morgan fingerprint density at radius 1 is 0.451 bits per heavy atom. The molecule has 14 nitrogen and oxygen atoms in total. The lowest BCUT2D eigenvalue weighted by Crippen LogP contribution is -2.65. The van der Waals surface area contributed by atoms with Gasteiger partial charge in [-0.05, 0) is 12.8 Å². The molecule has 14 heteroatoms. The second kappa shape index (κ2) is 44.2. The molecule has 2 fully saturated rings. The zero-order valence-electron chi connectivity index (χ0n) is 45.2. The number of unbranched alkanes of at least 4 members (excludes halogenated alkanes) is 35. The Hall–Kier alpha value is -1.01. The average Bonchev–Trinajstić information content (AvgIpc) is 3.37. The van der Waals surface area contributed by atoms with Gasteiger partial charge in [0.25, 0.3) is 0 Å². The van der Waals surface area contributed by atoms with Crippen LogP contribution >= 0.6 is 0 Å². The minimum absolute atomic E-state index is 0.208. The Morgan fingerprint density at radius 2 is 0.803 bits per heavy atom. The summed E-state index contributed by atoms with van der Waals surface area (Å²) in [5, 5.41) is 86.5. The standard InChI is InChI=1S/C57H111NO13/c1-3-5-7-9-10-11-12-13-14-15-16-17-18-19-20-21-22-23-24-25-26-27-28-29-30-31-32-33-34-35-37-39-41-49(62)58-45(46(61)40-38-36-8-6-4-2)44-68-56-54(67)52(65)55(48(43-60)70-56)71-57-53(66)51(64)50(63)47(42-59)69-57/h45-48,50-57,59-61,63-67H,3-44H2,1-2H3,(H,58,62). The Bertz CT molecular complexity index is 1200. The molecular formula is C57H111NO13. The predicted molar refractivity (Wildman–Crippen MR) is 282 cm³/mol. The van der Waals surface area contributed by atoms with E-state index in [0.29, 0.717) is 12.8 Å². The van der Waals surface area contributed by atoms with Crippen LogP contribution in [0.15, 0.2) is 0 Å². The number of aliphatic hydroxyl groups excluding tert-OH is 8. The minimum atomic E-state index is -1.78. The molecule has 2 aliphatic rings. The van der Waals surface area contributed by atoms with Crippen molar-refractivity contribution < 1.29 is 64.6 Å². The van der Waals surface area contributed by atoms with Gasteiger partial charge in [-0.3, -0.25) is 4.79 Å². The van der Waals surface area contributed by atoms with Crippen molar-refractivity contribution >= 4 is 5.91 Å². The molecule has 2 saturated heterocycles. The van der Waals surface area contributed by atoms with Crippen LogP contribution in [0.4, 0.5) is 0 Å². The molecule has 0 saturated carbocycles. The molecule has 9 N–H and O–H groups in total. The molecule has 12 unspecified atom stereocenters. The fraction of sp³-hybridized carbons (Fsp3) is 0.982. The molecule has 0 spiro atoms. The molecule has 0 aromatic carbocycles. The lowest BCUT2D eigenvalue weighted by molar-refractivity contribution is -0.359. The highest BCUT2D eigenvalue weighted by atomic mass is 16.7. The Balaban J connectivity index is 1.52. The third-order valence-electron chi connectivity index (χ3n) is 15.1. The van der Waals surface area contributed by atoms with Gasteiger partial charge >= 0.3 is 0 Å². The quantitative estimate of drug-likeness (QED) is 0.0259. The summed E-state index contributed by atoms with van der Waals surface area (Å²) < 4.78 is 22.7. The van der Waals surface area contributed by atoms with Gasteiger partial charge in [0.05, 0.1) is 32.0 Å². The van der Waals surface area contributed by atoms with Crippen molar-refractivity contribution in [1.82, 2.24) is 5.32 Å². The number of hydrogen-bond acceptors (Lipinski definition) is 13. The third kappa shape index (κ3) is 30.4. The molecule has 2 heterocycles. The molecule has 0 bridgehead atoms. The maximum atomic E-state index is 13.1. The maximum Gasteiger partial charge on any atom is 0.220 e. The fourth-order valence-corrected chi connectivity index (χ4v) is 10.2. The van der Waals surface area contributed by atoms with Crippen LogP contribution in [0.2, 0.25) is 0 Å². The van der Waals surface area contributed by atoms with Gasteiger partial charge in [-0.15, -0.1) is 0 Å². The monoisotopic (exact) mass is 1020 g/mol. The third-order valence-corrected chi connectivity index (χ3v) is 15.1. The Kier molecular flexibility index (Phi) is 41.1. The number of carbonyl (C=O) groups excluding carboxylic acids is 1. The van der Waals surface area contributed by atoms with Crippen molar-refractivity contribution in [2.45, 2.75) is 338 Å². The van der Waals surface area contributed by atoms with Crippen molar-refractivity contribution in [3.63, 3.8) is 0 Å². The summed E-state index contributed by atoms with van der Waals surface area (Å²) in [6.07, 6.45) is 32.1. The van der Waals surface area contributed by atoms with Gasteiger partial charge in [0, 0.05) is 6.42 Å². The first kappa shape index (κ1) is 66.1. The summed E-state index contributed by atoms with van der Waals surface area (Å²) >= 11 is 0. The smallest absolute Gasteiger partial charge is 0.220 e. The van der Waals surface area contributed by atoms with E-state index in [9.17, 15) is 45.6 Å². The summed E-state index contributed by atoms with van der Waals surface area (Å²) in [6, 6.07) is -0.819. The van der Waals surface area contributed by atoms with Crippen LogP contribution in [-0.2, 0) is 23.7 Å². The summed E-state index contributed by atoms with van der Waals surface area (Å²) in [6.45, 7) is 2.78. The lowest BCUT2D eigenvalue weighted by Gasteiger charge is -2.46. The number of aliphatic hydroxyl groups is 8. The predicted octanol–water partition coefficient (Wildman–Crippen LogP) is 9.73. The lowest BCUT2D eigenvalue weighted by atomic mass is 9.97. The van der Waals surface area contributed by atoms with E-state index < -0.39 is 86.8 Å². The van der Waals surface area contributed by atoms with Gasteiger partial charge in [-0.2, -0.15) is 0 Å². The van der Waals surface area contributed by atoms with Crippen molar-refractivity contribution in [1.29, 1.82) is 0 Å². The zero-order valence-corrected chi connectivity index (χ0v) is 45.2. The van der Waals surface area contributed by atoms with E-state index in [0.717, 1.165) is 57.8 Å². The molecule has 2 aliphatic heterocycles. The number of nitrogens with one attached hydrogen (secondary N) is 1. The van der Waals surface area contributed by atoms with Gasteiger partial charge in [0.1, 0.15) is 48.8 Å². The number of carbonyl (C=O) groups is 1. The van der Waals surface area contributed by atoms with Gasteiger partial charge < -0.3 is 65.1 Å². The number of hydrogen-bond donors (Lipinski definition) is 9. The largest absolute Gasteiger partial charge is 0.394 e. The zero-order chi connectivity index (χ0) is 51.7. The molecule has 422 valence electrons. The fourth-order valence-electron chi connectivity index (χ4n) is 10.2. The van der Waals surface area contributed by atoms with Crippen molar-refractivity contribution in [3.05, 3.63) is 0 Å². The van der Waals surface area contributed by atoms with Gasteiger partial charge in [0.15, 0.2) is 12.6 Å². The molecule has 71 heavy (non-hydrogen) atoms. The molecule has 2 rings (SSSR count). The summed E-state index contributed by atoms with van der Waals surface area (Å²) in [5.41, 5.74) is 0. The van der Waals surface area contributed by atoms with E-state index >= 15 is 0 Å². The van der Waals surface area contributed by atoms with Crippen LogP contribution in [0, 0.1) is 0 Å². The molecule has 12 atom stereocenters. The van der Waals surface area contributed by atoms with Crippen LogP contribution < -0.4 is 5.32 Å². The van der Waals surface area contributed by atoms with Crippen LogP contribution in [0.1, 0.15) is 264 Å². The van der Waals surface area contributed by atoms with Crippen molar-refractivity contribution in [2.75, 3.05) is 19.8 Å². The van der Waals surface area contributed by atoms with E-state index in [-0.39, 0.29) is 12.5 Å². The summed E-state index contributed by atoms with van der Waals surface area (Å²) in [7, 11) is 0. The van der Waals surface area contributed by atoms with E-state index in [1.807, 2.05) is 0 Å². The van der Waals surface area contributed by atoms with E-state index in [4.69, 9.17) is 18.9 Å². The van der Waals surface area contributed by atoms with Crippen LogP contribution in [0.3, 0.4) is 0 Å². The highest BCUT2D eigenvalue weighted by molar-refractivity contribution is 5.76. The maximum absolute atomic E-state index is 13.1. The molecule has 0 aliphatic carbocycles. The Labute approximate surface area is 432 Å². The van der Waals surface area contributed by atoms with Crippen LogP contribution in [0.5, 0.6) is 0 Å². The molecule has 0 aromatic heterocycles. The first-order chi connectivity index (χ1) is 34.6. The van der Waals surface area contributed by atoms with Gasteiger partial charge in [-0.25, -0.2) is 0 Å².